The first-order valence-electron chi connectivity index (χ1n) is 6.39. The minimum atomic E-state index is -1.34. The van der Waals surface area contributed by atoms with Crippen LogP contribution >= 0.6 is 0 Å². The Bertz CT molecular complexity index is 538. The minimum absolute atomic E-state index is 0.137. The van der Waals surface area contributed by atoms with Gasteiger partial charge in [0.05, 0.1) is 17.1 Å². The fourth-order valence-corrected chi connectivity index (χ4v) is 2.67. The summed E-state index contributed by atoms with van der Waals surface area (Å²) in [6.45, 7) is -0.137. The number of aromatic carboxylic acids is 1. The summed E-state index contributed by atoms with van der Waals surface area (Å²) >= 11 is 0. The molecule has 7 heteroatoms. The van der Waals surface area contributed by atoms with Crippen molar-refractivity contribution in [2.24, 2.45) is 0 Å². The Kier molecular flexibility index (Phi) is 3.89. The molecule has 0 atom stereocenters. The van der Waals surface area contributed by atoms with Gasteiger partial charge >= 0.3 is 11.7 Å². The number of hydrogen-bond acceptors (Lipinski definition) is 5. The monoisotopic (exact) mass is 280 g/mol. The van der Waals surface area contributed by atoms with Crippen molar-refractivity contribution in [2.75, 3.05) is 11.9 Å². The van der Waals surface area contributed by atoms with Crippen LogP contribution in [0.4, 0.5) is 11.4 Å². The number of aliphatic hydroxyl groups is 1. The van der Waals surface area contributed by atoms with Gasteiger partial charge in [-0.3, -0.25) is 10.1 Å². The van der Waals surface area contributed by atoms with Gasteiger partial charge in [-0.25, -0.2) is 4.79 Å². The number of hydrogen-bond donors (Lipinski definition) is 3. The van der Waals surface area contributed by atoms with Crippen molar-refractivity contribution in [1.29, 1.82) is 0 Å². The number of nitro groups is 1. The summed E-state index contributed by atoms with van der Waals surface area (Å²) in [7, 11) is 0. The van der Waals surface area contributed by atoms with Crippen molar-refractivity contribution in [2.45, 2.75) is 31.2 Å². The summed E-state index contributed by atoms with van der Waals surface area (Å²) in [6, 6.07) is 4.13. The zero-order valence-corrected chi connectivity index (χ0v) is 10.8. The summed E-state index contributed by atoms with van der Waals surface area (Å²) in [5, 5.41) is 32.7. The number of nitro benzene ring substituents is 1. The van der Waals surface area contributed by atoms with Crippen molar-refractivity contribution in [3.63, 3.8) is 0 Å². The number of nitrogens with zero attached hydrogens (tertiary/aromatic N) is 1. The summed E-state index contributed by atoms with van der Waals surface area (Å²) in [5.41, 5.74) is -1.27. The van der Waals surface area contributed by atoms with E-state index in [0.717, 1.165) is 12.8 Å². The number of para-hydroxylation sites is 1. The molecule has 0 spiro atoms. The maximum atomic E-state index is 11.2. The number of anilines is 1. The molecule has 1 fully saturated rings. The molecule has 108 valence electrons. The van der Waals surface area contributed by atoms with Crippen LogP contribution in [0.3, 0.4) is 0 Å². The molecule has 0 radical (unpaired) electrons. The number of nitrogens with one attached hydrogen (secondary N) is 1. The molecule has 0 saturated heterocycles. The molecule has 0 aliphatic heterocycles. The Morgan fingerprint density at radius 1 is 1.40 bits per heavy atom. The third-order valence-electron chi connectivity index (χ3n) is 3.71. The molecule has 1 saturated carbocycles. The molecule has 0 unspecified atom stereocenters. The second kappa shape index (κ2) is 5.46. The highest BCUT2D eigenvalue weighted by Gasteiger charge is 2.35. The summed E-state index contributed by atoms with van der Waals surface area (Å²) in [6.07, 6.45) is 3.27. The van der Waals surface area contributed by atoms with E-state index in [1.165, 1.54) is 18.2 Å². The van der Waals surface area contributed by atoms with E-state index < -0.39 is 22.1 Å². The predicted octanol–water partition coefficient (Wildman–Crippen LogP) is 2.01. The van der Waals surface area contributed by atoms with Gasteiger partial charge in [0.1, 0.15) is 11.3 Å². The molecule has 20 heavy (non-hydrogen) atoms. The van der Waals surface area contributed by atoms with Crippen LogP contribution in [0.2, 0.25) is 0 Å². The fourth-order valence-electron chi connectivity index (χ4n) is 2.67. The quantitative estimate of drug-likeness (QED) is 0.561. The molecule has 0 aromatic heterocycles. The lowest BCUT2D eigenvalue weighted by Gasteiger charge is -2.29. The van der Waals surface area contributed by atoms with E-state index in [1.54, 1.807) is 0 Å². The molecule has 1 aromatic carbocycles. The van der Waals surface area contributed by atoms with Crippen LogP contribution in [0.25, 0.3) is 0 Å². The molecular formula is C13H16N2O5. The van der Waals surface area contributed by atoms with Crippen LogP contribution in [0.5, 0.6) is 0 Å². The third kappa shape index (κ3) is 2.57. The van der Waals surface area contributed by atoms with Crippen LogP contribution in [0.1, 0.15) is 36.0 Å². The third-order valence-corrected chi connectivity index (χ3v) is 3.71. The van der Waals surface area contributed by atoms with E-state index in [1.807, 2.05) is 0 Å². The SMILES string of the molecule is O=C(O)c1cccc(NC2(CO)CCCC2)c1[N+](=O)[O-]. The molecule has 1 aromatic rings. The van der Waals surface area contributed by atoms with Gasteiger partial charge in [0, 0.05) is 0 Å². The van der Waals surface area contributed by atoms with E-state index >= 15 is 0 Å². The van der Waals surface area contributed by atoms with Crippen molar-refractivity contribution >= 4 is 17.3 Å². The molecule has 0 amide bonds. The maximum Gasteiger partial charge on any atom is 0.342 e. The Hall–Kier alpha value is -2.15. The minimum Gasteiger partial charge on any atom is -0.477 e. The molecule has 7 nitrogen and oxygen atoms in total. The summed E-state index contributed by atoms with van der Waals surface area (Å²) in [5.74, 6) is -1.34. The smallest absolute Gasteiger partial charge is 0.342 e. The van der Waals surface area contributed by atoms with Gasteiger partial charge in [-0.05, 0) is 25.0 Å². The van der Waals surface area contributed by atoms with E-state index in [-0.39, 0.29) is 17.9 Å². The van der Waals surface area contributed by atoms with Crippen molar-refractivity contribution in [3.8, 4) is 0 Å². The van der Waals surface area contributed by atoms with E-state index in [4.69, 9.17) is 5.11 Å². The van der Waals surface area contributed by atoms with Gasteiger partial charge in [-0.1, -0.05) is 18.9 Å². The number of carboxylic acid groups (broad SMARTS) is 1. The van der Waals surface area contributed by atoms with E-state index in [0.29, 0.717) is 12.8 Å². The molecule has 0 heterocycles. The first kappa shape index (κ1) is 14.3. The molecule has 0 bridgehead atoms. The average Bonchev–Trinajstić information content (AvgIpc) is 2.87. The first-order valence-corrected chi connectivity index (χ1v) is 6.39. The normalized spacial score (nSPS) is 16.9. The highest BCUT2D eigenvalue weighted by atomic mass is 16.6. The van der Waals surface area contributed by atoms with Crippen LogP contribution in [-0.4, -0.2) is 33.3 Å². The Morgan fingerprint density at radius 2 is 2.05 bits per heavy atom. The largest absolute Gasteiger partial charge is 0.477 e. The lowest BCUT2D eigenvalue weighted by molar-refractivity contribution is -0.384. The molecule has 3 N–H and O–H groups in total. The molecular weight excluding hydrogens is 264 g/mol. The van der Waals surface area contributed by atoms with Gasteiger partial charge in [0.15, 0.2) is 0 Å². The van der Waals surface area contributed by atoms with E-state index in [2.05, 4.69) is 5.32 Å². The number of benzene rings is 1. The number of carbonyl (C=O) groups is 1. The first-order chi connectivity index (χ1) is 9.49. The zero-order chi connectivity index (χ0) is 14.8. The van der Waals surface area contributed by atoms with Gasteiger partial charge < -0.3 is 15.5 Å². The Morgan fingerprint density at radius 3 is 2.55 bits per heavy atom. The Balaban J connectivity index is 2.43. The molecule has 2 rings (SSSR count). The van der Waals surface area contributed by atoms with Crippen molar-refractivity contribution in [1.82, 2.24) is 0 Å². The fraction of sp³-hybridized carbons (Fsp3) is 0.462. The number of aliphatic hydroxyl groups excluding tert-OH is 1. The lowest BCUT2D eigenvalue weighted by atomic mass is 9.97. The van der Waals surface area contributed by atoms with Crippen molar-refractivity contribution in [3.05, 3.63) is 33.9 Å². The van der Waals surface area contributed by atoms with Gasteiger partial charge in [0.2, 0.25) is 0 Å². The number of carboxylic acids is 1. The van der Waals surface area contributed by atoms with Crippen LogP contribution in [0.15, 0.2) is 18.2 Å². The second-order valence-electron chi connectivity index (χ2n) is 5.03. The summed E-state index contributed by atoms with van der Waals surface area (Å²) in [4.78, 5) is 21.5. The van der Waals surface area contributed by atoms with Crippen LogP contribution in [0, 0.1) is 10.1 Å². The van der Waals surface area contributed by atoms with Crippen molar-refractivity contribution < 1.29 is 19.9 Å². The Labute approximate surface area is 115 Å². The van der Waals surface area contributed by atoms with Crippen LogP contribution < -0.4 is 5.32 Å². The summed E-state index contributed by atoms with van der Waals surface area (Å²) < 4.78 is 0. The lowest BCUT2D eigenvalue weighted by Crippen LogP contribution is -2.39. The standard InChI is InChI=1S/C13H16N2O5/c16-8-13(6-1-2-7-13)14-10-5-3-4-9(12(17)18)11(10)15(19)20/h3-5,14,16H,1-2,6-8H2,(H,17,18). The van der Waals surface area contributed by atoms with Crippen LogP contribution in [-0.2, 0) is 0 Å². The van der Waals surface area contributed by atoms with Gasteiger partial charge in [0.25, 0.3) is 0 Å². The highest BCUT2D eigenvalue weighted by molar-refractivity contribution is 5.95. The second-order valence-corrected chi connectivity index (χ2v) is 5.03. The molecule has 1 aliphatic carbocycles. The topological polar surface area (TPSA) is 113 Å². The van der Waals surface area contributed by atoms with E-state index in [9.17, 15) is 20.0 Å². The van der Waals surface area contributed by atoms with Gasteiger partial charge in [-0.15, -0.1) is 0 Å². The maximum absolute atomic E-state index is 11.2. The average molecular weight is 280 g/mol. The number of rotatable bonds is 5. The predicted molar refractivity (Wildman–Crippen MR) is 72.0 cm³/mol. The zero-order valence-electron chi connectivity index (χ0n) is 10.8. The van der Waals surface area contributed by atoms with Gasteiger partial charge in [-0.2, -0.15) is 0 Å². The highest BCUT2D eigenvalue weighted by Crippen LogP contribution is 2.37. The molecule has 1 aliphatic rings.